The molecule has 2 unspecified atom stereocenters. The molecule has 0 saturated heterocycles. The summed E-state index contributed by atoms with van der Waals surface area (Å²) in [5, 5.41) is 3.04. The minimum atomic E-state index is -0.883. The lowest BCUT2D eigenvalue weighted by Crippen LogP contribution is -2.23. The van der Waals surface area contributed by atoms with Crippen molar-refractivity contribution in [3.05, 3.63) is 18.1 Å². The van der Waals surface area contributed by atoms with Crippen LogP contribution in [-0.2, 0) is 15.5 Å². The number of esters is 1. The second-order valence-electron chi connectivity index (χ2n) is 3.54. The fraction of sp³-hybridized carbons (Fsp3) is 0.500. The first-order valence-corrected chi connectivity index (χ1v) is 6.73. The van der Waals surface area contributed by atoms with Gasteiger partial charge in [-0.05, 0) is 13.0 Å². The maximum atomic E-state index is 11.2. The Morgan fingerprint density at radius 1 is 1.65 bits per heavy atom. The molecule has 1 heterocycles. The number of methoxy groups -OCH3 is 1. The van der Waals surface area contributed by atoms with E-state index in [2.05, 4.69) is 20.0 Å². The van der Waals surface area contributed by atoms with Gasteiger partial charge < -0.3 is 10.1 Å². The molecule has 0 spiro atoms. The van der Waals surface area contributed by atoms with Crippen molar-refractivity contribution in [1.29, 1.82) is 0 Å². The molecule has 0 saturated carbocycles. The second-order valence-corrected chi connectivity index (χ2v) is 5.02. The van der Waals surface area contributed by atoms with Crippen molar-refractivity contribution >= 4 is 22.6 Å². The highest BCUT2D eigenvalue weighted by molar-refractivity contribution is 7.84. The largest absolute Gasteiger partial charge is 0.463 e. The van der Waals surface area contributed by atoms with Crippen molar-refractivity contribution < 1.29 is 13.7 Å². The third kappa shape index (κ3) is 4.48. The molecular formula is C10H15N3O3S. The Labute approximate surface area is 102 Å². The first-order valence-electron chi connectivity index (χ1n) is 5.01. The highest BCUT2D eigenvalue weighted by Crippen LogP contribution is 2.05. The molecule has 7 heteroatoms. The fourth-order valence-electron chi connectivity index (χ4n) is 1.27. The second kappa shape index (κ2) is 6.29. The van der Waals surface area contributed by atoms with Crippen LogP contribution in [0.15, 0.2) is 12.3 Å². The number of anilines is 1. The van der Waals surface area contributed by atoms with Gasteiger partial charge in [0.15, 0.2) is 0 Å². The molecule has 1 rings (SSSR count). The minimum absolute atomic E-state index is 0.00114. The number of carbonyl (C=O) groups is 1. The first kappa shape index (κ1) is 13.6. The molecule has 0 aliphatic carbocycles. The standard InChI is InChI=1S/C10H15N3O3S/c1-7(6-17(3)15)12-8-4-5-11-9(13-8)10(14)16-2/h4-5,7H,6H2,1-3H3,(H,11,12,13). The molecule has 0 aliphatic heterocycles. The van der Waals surface area contributed by atoms with Crippen LogP contribution in [0.5, 0.6) is 0 Å². The quantitative estimate of drug-likeness (QED) is 0.771. The molecule has 1 N–H and O–H groups in total. The first-order chi connectivity index (χ1) is 8.02. The van der Waals surface area contributed by atoms with Crippen molar-refractivity contribution in [3.8, 4) is 0 Å². The lowest BCUT2D eigenvalue weighted by molar-refractivity contribution is 0.0587. The molecule has 94 valence electrons. The van der Waals surface area contributed by atoms with Crippen LogP contribution < -0.4 is 5.32 Å². The summed E-state index contributed by atoms with van der Waals surface area (Å²) in [7, 11) is 0.390. The Morgan fingerprint density at radius 3 is 2.94 bits per heavy atom. The summed E-state index contributed by atoms with van der Waals surface area (Å²) in [4.78, 5) is 19.0. The molecule has 17 heavy (non-hydrogen) atoms. The normalized spacial score (nSPS) is 13.8. The van der Waals surface area contributed by atoms with Crippen LogP contribution in [0.2, 0.25) is 0 Å². The summed E-state index contributed by atoms with van der Waals surface area (Å²) in [6, 6.07) is 1.64. The van der Waals surface area contributed by atoms with Gasteiger partial charge in [0.1, 0.15) is 5.82 Å². The maximum absolute atomic E-state index is 11.2. The smallest absolute Gasteiger partial charge is 0.376 e. The van der Waals surface area contributed by atoms with Gasteiger partial charge in [-0.25, -0.2) is 14.8 Å². The van der Waals surface area contributed by atoms with E-state index in [1.54, 1.807) is 12.3 Å². The highest BCUT2D eigenvalue weighted by Gasteiger charge is 2.11. The van der Waals surface area contributed by atoms with E-state index in [0.29, 0.717) is 11.6 Å². The number of aromatic nitrogens is 2. The highest BCUT2D eigenvalue weighted by atomic mass is 32.2. The summed E-state index contributed by atoms with van der Waals surface area (Å²) < 4.78 is 15.6. The zero-order valence-corrected chi connectivity index (χ0v) is 10.8. The molecule has 0 amide bonds. The van der Waals surface area contributed by atoms with E-state index in [1.165, 1.54) is 13.3 Å². The van der Waals surface area contributed by atoms with E-state index < -0.39 is 16.8 Å². The van der Waals surface area contributed by atoms with E-state index in [4.69, 9.17) is 0 Å². The molecule has 0 fully saturated rings. The molecule has 0 aromatic carbocycles. The van der Waals surface area contributed by atoms with Crippen molar-refractivity contribution in [2.75, 3.05) is 24.4 Å². The summed E-state index contributed by atoms with van der Waals surface area (Å²) in [6.07, 6.45) is 3.11. The third-order valence-corrected chi connectivity index (χ3v) is 2.87. The zero-order chi connectivity index (χ0) is 12.8. The molecule has 2 atom stereocenters. The maximum Gasteiger partial charge on any atom is 0.376 e. The number of hydrogen-bond donors (Lipinski definition) is 1. The Hall–Kier alpha value is -1.50. The Morgan fingerprint density at radius 2 is 2.35 bits per heavy atom. The number of rotatable bonds is 5. The Kier molecular flexibility index (Phi) is 5.02. The van der Waals surface area contributed by atoms with Crippen LogP contribution in [0.1, 0.15) is 17.5 Å². The molecule has 0 aliphatic rings. The fourth-order valence-corrected chi connectivity index (χ4v) is 2.06. The van der Waals surface area contributed by atoms with Gasteiger partial charge in [0, 0.05) is 35.0 Å². The zero-order valence-electron chi connectivity index (χ0n) is 9.97. The van der Waals surface area contributed by atoms with E-state index in [9.17, 15) is 9.00 Å². The van der Waals surface area contributed by atoms with E-state index in [0.717, 1.165) is 0 Å². The van der Waals surface area contributed by atoms with Crippen molar-refractivity contribution in [2.45, 2.75) is 13.0 Å². The lowest BCUT2D eigenvalue weighted by Gasteiger charge is -2.12. The van der Waals surface area contributed by atoms with Gasteiger partial charge in [0.2, 0.25) is 5.82 Å². The third-order valence-electron chi connectivity index (χ3n) is 1.90. The van der Waals surface area contributed by atoms with Crippen molar-refractivity contribution in [2.24, 2.45) is 0 Å². The van der Waals surface area contributed by atoms with Gasteiger partial charge in [-0.2, -0.15) is 0 Å². The SMILES string of the molecule is COC(=O)c1nccc(NC(C)CS(C)=O)n1. The predicted molar refractivity (Wildman–Crippen MR) is 65.4 cm³/mol. The Balaban J connectivity index is 2.72. The molecule has 1 aromatic heterocycles. The number of hydrogen-bond acceptors (Lipinski definition) is 6. The molecule has 1 aromatic rings. The molecule has 0 radical (unpaired) electrons. The monoisotopic (exact) mass is 257 g/mol. The number of ether oxygens (including phenoxy) is 1. The average Bonchev–Trinajstić information content (AvgIpc) is 2.27. The Bertz CT molecular complexity index is 425. The topological polar surface area (TPSA) is 81.2 Å². The van der Waals surface area contributed by atoms with Crippen molar-refractivity contribution in [3.63, 3.8) is 0 Å². The summed E-state index contributed by atoms with van der Waals surface area (Å²) in [6.45, 7) is 1.89. The summed E-state index contributed by atoms with van der Waals surface area (Å²) >= 11 is 0. The van der Waals surface area contributed by atoms with Gasteiger partial charge in [-0.1, -0.05) is 0 Å². The van der Waals surface area contributed by atoms with Gasteiger partial charge in [0.05, 0.1) is 7.11 Å². The van der Waals surface area contributed by atoms with Crippen LogP contribution in [0.3, 0.4) is 0 Å². The lowest BCUT2D eigenvalue weighted by atomic mass is 10.4. The van der Waals surface area contributed by atoms with E-state index in [1.807, 2.05) is 6.92 Å². The van der Waals surface area contributed by atoms with Gasteiger partial charge in [0.25, 0.3) is 0 Å². The van der Waals surface area contributed by atoms with Crippen LogP contribution in [0.4, 0.5) is 5.82 Å². The average molecular weight is 257 g/mol. The van der Waals surface area contributed by atoms with E-state index >= 15 is 0 Å². The van der Waals surface area contributed by atoms with Crippen molar-refractivity contribution in [1.82, 2.24) is 9.97 Å². The van der Waals surface area contributed by atoms with Gasteiger partial charge in [-0.3, -0.25) is 4.21 Å². The van der Waals surface area contributed by atoms with Crippen LogP contribution >= 0.6 is 0 Å². The molecule has 6 nitrogen and oxygen atoms in total. The van der Waals surface area contributed by atoms with Crippen LogP contribution in [0.25, 0.3) is 0 Å². The number of nitrogens with zero attached hydrogens (tertiary/aromatic N) is 2. The summed E-state index contributed by atoms with van der Waals surface area (Å²) in [5.41, 5.74) is 0. The van der Waals surface area contributed by atoms with Crippen LogP contribution in [-0.4, -0.2) is 45.3 Å². The summed E-state index contributed by atoms with van der Waals surface area (Å²) in [5.74, 6) is 0.443. The van der Waals surface area contributed by atoms with Gasteiger partial charge >= 0.3 is 5.97 Å². The van der Waals surface area contributed by atoms with Gasteiger partial charge in [-0.15, -0.1) is 0 Å². The molecule has 0 bridgehead atoms. The van der Waals surface area contributed by atoms with Crippen LogP contribution in [0, 0.1) is 0 Å². The molecular weight excluding hydrogens is 242 g/mol. The number of carbonyl (C=O) groups excluding carboxylic acids is 1. The van der Waals surface area contributed by atoms with E-state index in [-0.39, 0.29) is 11.9 Å². The minimum Gasteiger partial charge on any atom is -0.463 e. The number of nitrogens with one attached hydrogen (secondary N) is 1. The predicted octanol–water partition coefficient (Wildman–Crippen LogP) is 0.442.